The van der Waals surface area contributed by atoms with E-state index in [1.807, 2.05) is 24.3 Å². The van der Waals surface area contributed by atoms with E-state index in [9.17, 15) is 4.79 Å². The molecule has 0 aliphatic heterocycles. The summed E-state index contributed by atoms with van der Waals surface area (Å²) in [5, 5.41) is 6.13. The number of unbranched alkanes of at least 4 members (excludes halogenated alkanes) is 1. The van der Waals surface area contributed by atoms with Crippen molar-refractivity contribution in [3.63, 3.8) is 0 Å². The molecule has 0 saturated heterocycles. The zero-order chi connectivity index (χ0) is 15.1. The van der Waals surface area contributed by atoms with Crippen LogP contribution in [0.25, 0.3) is 0 Å². The largest absolute Gasteiger partial charge is 0.353 e. The molecule has 2 N–H and O–H groups in total. The molecule has 2 rings (SSSR count). The molecule has 0 aliphatic rings. The molecule has 5 heteroatoms. The number of halogens is 1. The first-order chi connectivity index (χ1) is 10.2. The maximum absolute atomic E-state index is 12.0. The molecule has 0 radical (unpaired) electrons. The minimum Gasteiger partial charge on any atom is -0.353 e. The number of nitrogens with zero attached hydrogens (tertiary/aromatic N) is 1. The van der Waals surface area contributed by atoms with Gasteiger partial charge in [-0.25, -0.2) is 0 Å². The highest BCUT2D eigenvalue weighted by atomic mass is 79.9. The lowest BCUT2D eigenvalue weighted by Crippen LogP contribution is -2.24. The Morgan fingerprint density at radius 3 is 2.86 bits per heavy atom. The fraction of sp³-hybridized carbons (Fsp3) is 0.250. The Balaban J connectivity index is 2.07. The predicted octanol–water partition coefficient (Wildman–Crippen LogP) is 4.12. The Kier molecular flexibility index (Phi) is 5.75. The van der Waals surface area contributed by atoms with Crippen molar-refractivity contribution in [2.45, 2.75) is 19.8 Å². The highest BCUT2D eigenvalue weighted by Gasteiger charge is 2.07. The molecule has 0 aliphatic carbocycles. The smallest absolute Gasteiger partial charge is 0.252 e. The van der Waals surface area contributed by atoms with E-state index in [1.54, 1.807) is 18.5 Å². The number of carbonyl (C=O) groups excluding carboxylic acids is 1. The Labute approximate surface area is 133 Å². The topological polar surface area (TPSA) is 54.0 Å². The third kappa shape index (κ3) is 4.56. The van der Waals surface area contributed by atoms with Gasteiger partial charge in [-0.2, -0.15) is 0 Å². The average Bonchev–Trinajstić information content (AvgIpc) is 2.50. The van der Waals surface area contributed by atoms with Gasteiger partial charge in [0.05, 0.1) is 23.1 Å². The molecule has 0 atom stereocenters. The molecule has 0 spiro atoms. The molecule has 1 amide bonds. The van der Waals surface area contributed by atoms with E-state index in [2.05, 4.69) is 38.5 Å². The average molecular weight is 348 g/mol. The van der Waals surface area contributed by atoms with E-state index in [-0.39, 0.29) is 5.91 Å². The number of para-hydroxylation sites is 1. The first-order valence-electron chi connectivity index (χ1n) is 6.95. The number of hydrogen-bond acceptors (Lipinski definition) is 3. The number of aromatic nitrogens is 1. The monoisotopic (exact) mass is 347 g/mol. The molecular weight excluding hydrogens is 330 g/mol. The van der Waals surface area contributed by atoms with E-state index in [0.29, 0.717) is 12.1 Å². The Hall–Kier alpha value is -1.88. The van der Waals surface area contributed by atoms with Crippen LogP contribution in [0.15, 0.2) is 47.2 Å². The van der Waals surface area contributed by atoms with Gasteiger partial charge < -0.3 is 10.6 Å². The molecule has 2 aromatic rings. The van der Waals surface area contributed by atoms with Crippen molar-refractivity contribution >= 4 is 33.2 Å². The highest BCUT2D eigenvalue weighted by Crippen LogP contribution is 2.25. The molecule has 1 aromatic carbocycles. The van der Waals surface area contributed by atoms with Crippen molar-refractivity contribution in [3.05, 3.63) is 52.8 Å². The highest BCUT2D eigenvalue weighted by molar-refractivity contribution is 9.10. The van der Waals surface area contributed by atoms with Crippen LogP contribution in [-0.4, -0.2) is 17.4 Å². The summed E-state index contributed by atoms with van der Waals surface area (Å²) in [6.45, 7) is 2.78. The Morgan fingerprint density at radius 1 is 1.29 bits per heavy atom. The standard InChI is InChI=1S/C16H18BrN3O/c1-2-3-8-19-16(21)12-9-13(11-18-10-12)20-15-7-5-4-6-14(15)17/h4-7,9-11,20H,2-3,8H2,1H3,(H,19,21). The van der Waals surface area contributed by atoms with Crippen LogP contribution < -0.4 is 10.6 Å². The Bertz CT molecular complexity index is 616. The van der Waals surface area contributed by atoms with E-state index in [1.165, 1.54) is 0 Å². The SMILES string of the molecule is CCCCNC(=O)c1cncc(Nc2ccccc2Br)c1. The van der Waals surface area contributed by atoms with Crippen LogP contribution >= 0.6 is 15.9 Å². The lowest BCUT2D eigenvalue weighted by atomic mass is 10.2. The van der Waals surface area contributed by atoms with Crippen LogP contribution in [0.1, 0.15) is 30.1 Å². The van der Waals surface area contributed by atoms with Crippen molar-refractivity contribution in [3.8, 4) is 0 Å². The normalized spacial score (nSPS) is 10.2. The van der Waals surface area contributed by atoms with E-state index in [0.717, 1.165) is 28.7 Å². The van der Waals surface area contributed by atoms with Crippen LogP contribution in [0.3, 0.4) is 0 Å². The van der Waals surface area contributed by atoms with Gasteiger partial charge in [-0.1, -0.05) is 25.5 Å². The lowest BCUT2D eigenvalue weighted by Gasteiger charge is -2.09. The fourth-order valence-electron chi connectivity index (χ4n) is 1.83. The molecule has 0 unspecified atom stereocenters. The molecule has 1 heterocycles. The number of amides is 1. The van der Waals surface area contributed by atoms with E-state index >= 15 is 0 Å². The van der Waals surface area contributed by atoms with Crippen molar-refractivity contribution in [1.82, 2.24) is 10.3 Å². The molecule has 4 nitrogen and oxygen atoms in total. The van der Waals surface area contributed by atoms with Crippen molar-refractivity contribution in [1.29, 1.82) is 0 Å². The second-order valence-corrected chi connectivity index (χ2v) is 5.53. The molecular formula is C16H18BrN3O. The van der Waals surface area contributed by atoms with Gasteiger partial charge >= 0.3 is 0 Å². The maximum atomic E-state index is 12.0. The molecule has 1 aromatic heterocycles. The van der Waals surface area contributed by atoms with Crippen LogP contribution in [0, 0.1) is 0 Å². The zero-order valence-corrected chi connectivity index (χ0v) is 13.5. The number of anilines is 2. The maximum Gasteiger partial charge on any atom is 0.252 e. The van der Waals surface area contributed by atoms with Gasteiger partial charge in [0.25, 0.3) is 5.91 Å². The molecule has 0 saturated carbocycles. The van der Waals surface area contributed by atoms with Crippen LogP contribution in [0.2, 0.25) is 0 Å². The Morgan fingerprint density at radius 2 is 2.10 bits per heavy atom. The third-order valence-electron chi connectivity index (χ3n) is 2.97. The van der Waals surface area contributed by atoms with Gasteiger partial charge in [0.1, 0.15) is 0 Å². The first kappa shape index (κ1) is 15.5. The molecule has 0 fully saturated rings. The lowest BCUT2D eigenvalue weighted by molar-refractivity contribution is 0.0953. The molecule has 110 valence electrons. The van der Waals surface area contributed by atoms with E-state index < -0.39 is 0 Å². The van der Waals surface area contributed by atoms with Crippen molar-refractivity contribution < 1.29 is 4.79 Å². The molecule has 0 bridgehead atoms. The summed E-state index contributed by atoms with van der Waals surface area (Å²) < 4.78 is 0.961. The summed E-state index contributed by atoms with van der Waals surface area (Å²) in [6.07, 6.45) is 5.31. The van der Waals surface area contributed by atoms with Crippen LogP contribution in [0.5, 0.6) is 0 Å². The third-order valence-corrected chi connectivity index (χ3v) is 3.66. The van der Waals surface area contributed by atoms with Crippen molar-refractivity contribution in [2.75, 3.05) is 11.9 Å². The summed E-state index contributed by atoms with van der Waals surface area (Å²) in [5.41, 5.74) is 2.27. The quantitative estimate of drug-likeness (QED) is 0.772. The summed E-state index contributed by atoms with van der Waals surface area (Å²) >= 11 is 3.48. The van der Waals surface area contributed by atoms with Crippen LogP contribution in [-0.2, 0) is 0 Å². The first-order valence-corrected chi connectivity index (χ1v) is 7.75. The second kappa shape index (κ2) is 7.78. The number of nitrogens with one attached hydrogen (secondary N) is 2. The fourth-order valence-corrected chi connectivity index (χ4v) is 2.22. The van der Waals surface area contributed by atoms with Gasteiger partial charge in [0.15, 0.2) is 0 Å². The number of pyridine rings is 1. The van der Waals surface area contributed by atoms with Gasteiger partial charge in [0.2, 0.25) is 0 Å². The van der Waals surface area contributed by atoms with Gasteiger partial charge in [0, 0.05) is 17.2 Å². The summed E-state index contributed by atoms with van der Waals surface area (Å²) in [5.74, 6) is -0.0910. The van der Waals surface area contributed by atoms with Gasteiger partial charge in [-0.05, 0) is 40.5 Å². The van der Waals surface area contributed by atoms with Crippen molar-refractivity contribution in [2.24, 2.45) is 0 Å². The van der Waals surface area contributed by atoms with E-state index in [4.69, 9.17) is 0 Å². The molecule has 21 heavy (non-hydrogen) atoms. The van der Waals surface area contributed by atoms with Gasteiger partial charge in [-0.15, -0.1) is 0 Å². The summed E-state index contributed by atoms with van der Waals surface area (Å²) in [6, 6.07) is 9.61. The number of hydrogen-bond donors (Lipinski definition) is 2. The zero-order valence-electron chi connectivity index (χ0n) is 11.9. The van der Waals surface area contributed by atoms with Crippen LogP contribution in [0.4, 0.5) is 11.4 Å². The summed E-state index contributed by atoms with van der Waals surface area (Å²) in [4.78, 5) is 16.1. The minimum absolute atomic E-state index is 0.0910. The number of benzene rings is 1. The number of carbonyl (C=O) groups is 1. The minimum atomic E-state index is -0.0910. The van der Waals surface area contributed by atoms with Gasteiger partial charge in [-0.3, -0.25) is 9.78 Å². The number of rotatable bonds is 6. The second-order valence-electron chi connectivity index (χ2n) is 4.68. The summed E-state index contributed by atoms with van der Waals surface area (Å²) in [7, 11) is 0. The predicted molar refractivity (Wildman–Crippen MR) is 88.9 cm³/mol.